The predicted octanol–water partition coefficient (Wildman–Crippen LogP) is 7.74. The molecule has 0 aliphatic rings. The monoisotopic (exact) mass is 672 g/mol. The van der Waals surface area contributed by atoms with Gasteiger partial charge in [0, 0.05) is 12.4 Å². The molecule has 0 saturated heterocycles. The summed E-state index contributed by atoms with van der Waals surface area (Å²) in [6.45, 7) is 1.41. The van der Waals surface area contributed by atoms with E-state index in [1.807, 2.05) is 73.1 Å². The van der Waals surface area contributed by atoms with Crippen molar-refractivity contribution in [3.63, 3.8) is 0 Å². The molecule has 0 aliphatic heterocycles. The summed E-state index contributed by atoms with van der Waals surface area (Å²) in [6, 6.07) is 52.9. The second-order valence-electron chi connectivity index (χ2n) is 9.21. The number of aliphatic imine (C=N–C) groups is 2. The van der Waals surface area contributed by atoms with Crippen LogP contribution in [0.15, 0.2) is 174 Å². The minimum Gasteiger partial charge on any atom is -0.696 e. The molecule has 0 atom stereocenters. The largest absolute Gasteiger partial charge is 1.00 e. The molecule has 0 fully saturated rings. The van der Waals surface area contributed by atoms with Crippen molar-refractivity contribution in [2.75, 3.05) is 13.1 Å². The first-order valence-corrected chi connectivity index (χ1v) is 16.2. The Labute approximate surface area is 285 Å². The van der Waals surface area contributed by atoms with E-state index in [1.54, 1.807) is 0 Å². The molecule has 0 heterocycles. The zero-order valence-electron chi connectivity index (χ0n) is 24.9. The third kappa shape index (κ3) is 15.2. The van der Waals surface area contributed by atoms with Crippen molar-refractivity contribution < 1.29 is 17.1 Å². The van der Waals surface area contributed by atoms with Crippen LogP contribution in [0.2, 0.25) is 0 Å². The van der Waals surface area contributed by atoms with E-state index in [2.05, 4.69) is 138 Å². The molecule has 0 N–H and O–H groups in total. The van der Waals surface area contributed by atoms with Crippen molar-refractivity contribution in [2.24, 2.45) is 9.98 Å². The van der Waals surface area contributed by atoms with Crippen LogP contribution in [-0.4, -0.2) is 25.5 Å². The van der Waals surface area contributed by atoms with E-state index >= 15 is 0 Å². The Balaban J connectivity index is 0.000000284. The van der Waals surface area contributed by atoms with Crippen molar-refractivity contribution in [1.82, 2.24) is 0 Å². The molecule has 228 valence electrons. The molecule has 0 aromatic heterocycles. The summed E-state index contributed by atoms with van der Waals surface area (Å²) in [5.74, 6) is 0. The summed E-state index contributed by atoms with van der Waals surface area (Å²) < 4.78 is 0. The molecule has 0 aliphatic carbocycles. The summed E-state index contributed by atoms with van der Waals surface area (Å²) in [4.78, 5) is 8.59. The zero-order chi connectivity index (χ0) is 30.9. The van der Waals surface area contributed by atoms with Gasteiger partial charge in [0.1, 0.15) is 15.9 Å². The number of hydrogen-bond donors (Lipinski definition) is 0. The molecule has 0 saturated carbocycles. The van der Waals surface area contributed by atoms with Gasteiger partial charge >= 0.3 is 17.1 Å². The minimum absolute atomic E-state index is 0. The van der Waals surface area contributed by atoms with E-state index in [1.165, 1.54) is 32.4 Å². The Kier molecular flexibility index (Phi) is 19.6. The van der Waals surface area contributed by atoms with Crippen LogP contribution in [-0.2, 0) is 29.7 Å². The third-order valence-corrected chi connectivity index (χ3v) is 8.84. The van der Waals surface area contributed by atoms with Gasteiger partial charge in [0.15, 0.2) is 0 Å². The number of thiocyanates is 1. The molecule has 0 spiro atoms. The van der Waals surface area contributed by atoms with Crippen LogP contribution in [0.1, 0.15) is 11.1 Å². The van der Waals surface area contributed by atoms with Gasteiger partial charge in [0.25, 0.3) is 0 Å². The van der Waals surface area contributed by atoms with E-state index < -0.39 is 7.92 Å². The van der Waals surface area contributed by atoms with Crippen LogP contribution < -0.4 is 15.9 Å². The van der Waals surface area contributed by atoms with Gasteiger partial charge in [-0.15, -0.1) is 0 Å². The summed E-state index contributed by atoms with van der Waals surface area (Å²) >= 11 is 3.70. The van der Waals surface area contributed by atoms with Crippen molar-refractivity contribution >= 4 is 61.0 Å². The summed E-state index contributed by atoms with van der Waals surface area (Å²) in [6.07, 6.45) is 11.6. The molecule has 6 heteroatoms. The number of nitriles is 1. The number of benzene rings is 5. The van der Waals surface area contributed by atoms with Crippen molar-refractivity contribution in [3.8, 4) is 5.40 Å². The van der Waals surface area contributed by atoms with E-state index in [0.29, 0.717) is 13.1 Å². The van der Waals surface area contributed by atoms with Gasteiger partial charge in [0.2, 0.25) is 0 Å². The van der Waals surface area contributed by atoms with Gasteiger partial charge in [-0.05, 0) is 59.7 Å². The van der Waals surface area contributed by atoms with Gasteiger partial charge in [0.05, 0.1) is 21.0 Å². The number of hydrogen-bond acceptors (Lipinski definition) is 4. The molecule has 5 aromatic carbocycles. The number of rotatable bonds is 10. The van der Waals surface area contributed by atoms with Crippen LogP contribution >= 0.6 is 7.92 Å². The van der Waals surface area contributed by atoms with Gasteiger partial charge in [-0.2, -0.15) is 0 Å². The van der Waals surface area contributed by atoms with E-state index in [4.69, 9.17) is 5.26 Å². The Hall–Kier alpha value is -4.42. The molecule has 5 aromatic rings. The molecule has 0 bridgehead atoms. The van der Waals surface area contributed by atoms with Crippen molar-refractivity contribution in [2.45, 2.75) is 0 Å². The van der Waals surface area contributed by atoms with Gasteiger partial charge in [-0.25, -0.2) is 5.26 Å². The summed E-state index contributed by atoms with van der Waals surface area (Å²) in [7, 11) is -0.877. The van der Waals surface area contributed by atoms with E-state index in [0.717, 1.165) is 0 Å². The standard InChI is InChI=1S/C20H20N2.C18H15P.CHNS.Cu/c1-3-9-19(10-4-1)13-7-15-21-17-18-22-16-8-14-20-11-5-2-6-12-20;1-4-10-16(11-5-1)19(17-12-6-2-7-13-17)18-14-8-3-9-15-18;2-1-3;/h1-16H,17-18H2;1-15H;3H;/q;;;+1. The second-order valence-corrected chi connectivity index (χ2v) is 11.9. The summed E-state index contributed by atoms with van der Waals surface area (Å²) in [5.41, 5.74) is 2.36. The SMILES string of the molecule is C(=Cc1ccccc1)C=NCCN=CC=Cc1ccccc1.N#C[S-].[Cu+].c1ccc([PH+](c2ccccc2)c2ccccc2)cc1. The quantitative estimate of drug-likeness (QED) is 0.0381. The smallest absolute Gasteiger partial charge is 0.696 e. The molecule has 45 heavy (non-hydrogen) atoms. The first-order valence-electron chi connectivity index (χ1n) is 14.3. The Bertz CT molecular complexity index is 1450. The van der Waals surface area contributed by atoms with Gasteiger partial charge in [-0.3, -0.25) is 9.98 Å². The van der Waals surface area contributed by atoms with E-state index in [9.17, 15) is 0 Å². The zero-order valence-corrected chi connectivity index (χ0v) is 27.6. The summed E-state index contributed by atoms with van der Waals surface area (Å²) in [5, 5.41) is 12.8. The molecular formula is C39H36CuN3PS+. The maximum Gasteiger partial charge on any atom is 1.00 e. The average Bonchev–Trinajstić information content (AvgIpc) is 3.09. The predicted molar refractivity (Wildman–Crippen MR) is 197 cm³/mol. The fourth-order valence-corrected chi connectivity index (χ4v) is 6.71. The van der Waals surface area contributed by atoms with Crippen molar-refractivity contribution in [3.05, 3.63) is 175 Å². The fourth-order valence-electron chi connectivity index (χ4n) is 4.14. The molecule has 5 rings (SSSR count). The minimum atomic E-state index is -0.877. The van der Waals surface area contributed by atoms with Crippen LogP contribution in [0.25, 0.3) is 12.2 Å². The fraction of sp³-hybridized carbons (Fsp3) is 0.0513. The maximum atomic E-state index is 7.13. The average molecular weight is 673 g/mol. The normalized spacial score (nSPS) is 10.6. The third-order valence-electron chi connectivity index (χ3n) is 6.11. The molecule has 0 unspecified atom stereocenters. The van der Waals surface area contributed by atoms with Gasteiger partial charge in [-0.1, -0.05) is 133 Å². The Morgan fingerprint density at radius 1 is 0.511 bits per heavy atom. The van der Waals surface area contributed by atoms with Crippen LogP contribution in [0.5, 0.6) is 0 Å². The maximum absolute atomic E-state index is 7.13. The molecular weight excluding hydrogens is 637 g/mol. The van der Waals surface area contributed by atoms with Crippen LogP contribution in [0.3, 0.4) is 0 Å². The molecule has 0 amide bonds. The molecule has 0 radical (unpaired) electrons. The topological polar surface area (TPSA) is 48.5 Å². The number of allylic oxidation sites excluding steroid dienone is 2. The van der Waals surface area contributed by atoms with E-state index in [-0.39, 0.29) is 17.1 Å². The second kappa shape index (κ2) is 24.0. The number of nitrogens with zero attached hydrogens (tertiary/aromatic N) is 3. The van der Waals surface area contributed by atoms with Gasteiger partial charge < -0.3 is 12.6 Å². The van der Waals surface area contributed by atoms with Crippen LogP contribution in [0.4, 0.5) is 0 Å². The Morgan fingerprint density at radius 3 is 1.07 bits per heavy atom. The Morgan fingerprint density at radius 2 is 0.778 bits per heavy atom. The first-order chi connectivity index (χ1) is 21.8. The van der Waals surface area contributed by atoms with Crippen LogP contribution in [0, 0.1) is 10.7 Å². The first kappa shape index (κ1) is 36.8. The van der Waals surface area contributed by atoms with Crippen molar-refractivity contribution in [1.29, 1.82) is 5.26 Å². The molecule has 3 nitrogen and oxygen atoms in total.